The molecule has 1 aliphatic heterocycles. The molecule has 1 saturated heterocycles. The Morgan fingerprint density at radius 2 is 1.88 bits per heavy atom. The molecule has 0 saturated carbocycles. The number of amides is 1. The number of rotatable bonds is 5. The highest BCUT2D eigenvalue weighted by atomic mass is 32.2. The second-order valence-corrected chi connectivity index (χ2v) is 6.60. The van der Waals surface area contributed by atoms with Crippen LogP contribution < -0.4 is 14.4 Å². The molecule has 1 aliphatic rings. The lowest BCUT2D eigenvalue weighted by Gasteiger charge is -2.26. The molecule has 0 aliphatic carbocycles. The summed E-state index contributed by atoms with van der Waals surface area (Å²) in [6.45, 7) is 2.12. The number of benzene rings is 2. The third-order valence-electron chi connectivity index (χ3n) is 4.19. The fourth-order valence-corrected chi connectivity index (χ4v) is 4.13. The number of para-hydroxylation sites is 1. The second kappa shape index (κ2) is 7.18. The summed E-state index contributed by atoms with van der Waals surface area (Å²) in [4.78, 5) is 14.3. The van der Waals surface area contributed by atoms with Gasteiger partial charge in [-0.05, 0) is 30.2 Å². The average Bonchev–Trinajstić information content (AvgIpc) is 3.02. The van der Waals surface area contributed by atoms with Crippen LogP contribution in [0.2, 0.25) is 0 Å². The standard InChI is InChI=1S/C19H21NO3S/c1-4-13-8-10-14(11-9-13)20-17(21)12-24-19(20)15-6-5-7-16(22-2)18(15)23-3/h5-11,19H,4,12H2,1-3H3/t19-/m0/s1. The molecule has 2 aromatic rings. The molecule has 1 atom stereocenters. The molecular weight excluding hydrogens is 322 g/mol. The highest BCUT2D eigenvalue weighted by Gasteiger charge is 2.36. The number of hydrogen-bond donors (Lipinski definition) is 0. The molecule has 3 rings (SSSR count). The van der Waals surface area contributed by atoms with Crippen molar-refractivity contribution in [3.05, 3.63) is 53.6 Å². The van der Waals surface area contributed by atoms with E-state index in [-0.39, 0.29) is 11.3 Å². The molecule has 0 radical (unpaired) electrons. The first kappa shape index (κ1) is 16.7. The average molecular weight is 343 g/mol. The first-order valence-corrected chi connectivity index (χ1v) is 8.98. The number of aryl methyl sites for hydroxylation is 1. The monoisotopic (exact) mass is 343 g/mol. The lowest BCUT2D eigenvalue weighted by Crippen LogP contribution is -2.28. The van der Waals surface area contributed by atoms with Gasteiger partial charge in [0.15, 0.2) is 11.5 Å². The van der Waals surface area contributed by atoms with Gasteiger partial charge in [-0.15, -0.1) is 11.8 Å². The molecule has 5 heteroatoms. The van der Waals surface area contributed by atoms with E-state index in [1.165, 1.54) is 5.56 Å². The van der Waals surface area contributed by atoms with Crippen LogP contribution in [0.3, 0.4) is 0 Å². The minimum absolute atomic E-state index is 0.110. The normalized spacial score (nSPS) is 17.2. The Kier molecular flexibility index (Phi) is 5.00. The largest absolute Gasteiger partial charge is 0.493 e. The summed E-state index contributed by atoms with van der Waals surface area (Å²) in [6.07, 6.45) is 0.982. The smallest absolute Gasteiger partial charge is 0.238 e. The molecule has 24 heavy (non-hydrogen) atoms. The molecule has 1 fully saturated rings. The van der Waals surface area contributed by atoms with Gasteiger partial charge in [-0.2, -0.15) is 0 Å². The third kappa shape index (κ3) is 2.96. The zero-order valence-corrected chi connectivity index (χ0v) is 14.9. The molecule has 0 aromatic heterocycles. The summed E-state index contributed by atoms with van der Waals surface area (Å²) in [6, 6.07) is 14.0. The quantitative estimate of drug-likeness (QED) is 0.821. The number of hydrogen-bond acceptors (Lipinski definition) is 4. The lowest BCUT2D eigenvalue weighted by atomic mass is 10.1. The van der Waals surface area contributed by atoms with Gasteiger partial charge in [0, 0.05) is 11.3 Å². The zero-order chi connectivity index (χ0) is 17.1. The Labute approximate surface area is 146 Å². The maximum atomic E-state index is 12.5. The molecule has 2 aromatic carbocycles. The number of ether oxygens (including phenoxy) is 2. The van der Waals surface area contributed by atoms with E-state index < -0.39 is 0 Å². The minimum Gasteiger partial charge on any atom is -0.493 e. The van der Waals surface area contributed by atoms with E-state index in [4.69, 9.17) is 9.47 Å². The summed E-state index contributed by atoms with van der Waals surface area (Å²) in [5.74, 6) is 1.93. The maximum absolute atomic E-state index is 12.5. The van der Waals surface area contributed by atoms with Gasteiger partial charge in [0.2, 0.25) is 5.91 Å². The third-order valence-corrected chi connectivity index (χ3v) is 5.38. The van der Waals surface area contributed by atoms with Crippen LogP contribution in [0.5, 0.6) is 11.5 Å². The van der Waals surface area contributed by atoms with E-state index in [1.54, 1.807) is 26.0 Å². The number of anilines is 1. The van der Waals surface area contributed by atoms with E-state index in [0.29, 0.717) is 17.3 Å². The van der Waals surface area contributed by atoms with Crippen molar-refractivity contribution < 1.29 is 14.3 Å². The molecule has 0 N–H and O–H groups in total. The van der Waals surface area contributed by atoms with Gasteiger partial charge in [0.25, 0.3) is 0 Å². The fraction of sp³-hybridized carbons (Fsp3) is 0.316. The van der Waals surface area contributed by atoms with Gasteiger partial charge in [-0.25, -0.2) is 0 Å². The van der Waals surface area contributed by atoms with E-state index >= 15 is 0 Å². The number of carbonyl (C=O) groups is 1. The van der Waals surface area contributed by atoms with Gasteiger partial charge >= 0.3 is 0 Å². The molecule has 0 bridgehead atoms. The fourth-order valence-electron chi connectivity index (χ4n) is 2.93. The van der Waals surface area contributed by atoms with Crippen LogP contribution in [0.4, 0.5) is 5.69 Å². The van der Waals surface area contributed by atoms with Gasteiger partial charge < -0.3 is 9.47 Å². The first-order valence-electron chi connectivity index (χ1n) is 7.93. The molecular formula is C19H21NO3S. The SMILES string of the molecule is CCc1ccc(N2C(=O)CS[C@H]2c2cccc(OC)c2OC)cc1. The van der Waals surface area contributed by atoms with Crippen LogP contribution >= 0.6 is 11.8 Å². The van der Waals surface area contributed by atoms with Crippen molar-refractivity contribution in [3.8, 4) is 11.5 Å². The number of thioether (sulfide) groups is 1. The number of nitrogens with zero attached hydrogens (tertiary/aromatic N) is 1. The van der Waals surface area contributed by atoms with Crippen molar-refractivity contribution in [1.82, 2.24) is 0 Å². The lowest BCUT2D eigenvalue weighted by molar-refractivity contribution is -0.115. The predicted octanol–water partition coefficient (Wildman–Crippen LogP) is 4.04. The highest BCUT2D eigenvalue weighted by Crippen LogP contribution is 2.47. The van der Waals surface area contributed by atoms with Crippen LogP contribution in [-0.2, 0) is 11.2 Å². The predicted molar refractivity (Wildman–Crippen MR) is 98.1 cm³/mol. The van der Waals surface area contributed by atoms with Crippen LogP contribution in [0.1, 0.15) is 23.4 Å². The Morgan fingerprint density at radius 3 is 2.50 bits per heavy atom. The van der Waals surface area contributed by atoms with Crippen molar-refractivity contribution in [2.45, 2.75) is 18.7 Å². The maximum Gasteiger partial charge on any atom is 0.238 e. The molecule has 0 spiro atoms. The van der Waals surface area contributed by atoms with Crippen molar-refractivity contribution in [2.75, 3.05) is 24.9 Å². The Morgan fingerprint density at radius 1 is 1.12 bits per heavy atom. The summed E-state index contributed by atoms with van der Waals surface area (Å²) in [5, 5.41) is -0.116. The van der Waals surface area contributed by atoms with Crippen LogP contribution in [0, 0.1) is 0 Å². The van der Waals surface area contributed by atoms with E-state index in [2.05, 4.69) is 19.1 Å². The molecule has 4 nitrogen and oxygen atoms in total. The Bertz CT molecular complexity index is 730. The van der Waals surface area contributed by atoms with Gasteiger partial charge in [0.1, 0.15) is 5.37 Å². The zero-order valence-electron chi connectivity index (χ0n) is 14.1. The summed E-state index contributed by atoms with van der Waals surface area (Å²) in [5.41, 5.74) is 3.12. The first-order chi connectivity index (χ1) is 11.7. The van der Waals surface area contributed by atoms with Crippen LogP contribution in [-0.4, -0.2) is 25.9 Å². The molecule has 126 valence electrons. The van der Waals surface area contributed by atoms with Crippen LogP contribution in [0.15, 0.2) is 42.5 Å². The molecule has 1 amide bonds. The van der Waals surface area contributed by atoms with E-state index in [0.717, 1.165) is 17.7 Å². The van der Waals surface area contributed by atoms with Crippen LogP contribution in [0.25, 0.3) is 0 Å². The highest BCUT2D eigenvalue weighted by molar-refractivity contribution is 8.00. The topological polar surface area (TPSA) is 38.8 Å². The summed E-state index contributed by atoms with van der Waals surface area (Å²) < 4.78 is 11.0. The van der Waals surface area contributed by atoms with Gasteiger partial charge in [0.05, 0.1) is 20.0 Å². The Balaban J connectivity index is 2.02. The van der Waals surface area contributed by atoms with E-state index in [1.807, 2.05) is 35.2 Å². The number of methoxy groups -OCH3 is 2. The van der Waals surface area contributed by atoms with Gasteiger partial charge in [-0.1, -0.05) is 31.2 Å². The van der Waals surface area contributed by atoms with Crippen molar-refractivity contribution in [3.63, 3.8) is 0 Å². The Hall–Kier alpha value is -2.14. The molecule has 1 heterocycles. The second-order valence-electron chi connectivity index (χ2n) is 5.53. The van der Waals surface area contributed by atoms with Crippen molar-refractivity contribution in [2.24, 2.45) is 0 Å². The summed E-state index contributed by atoms with van der Waals surface area (Å²) in [7, 11) is 3.25. The van der Waals surface area contributed by atoms with Crippen molar-refractivity contribution >= 4 is 23.4 Å². The number of carbonyl (C=O) groups excluding carboxylic acids is 1. The summed E-state index contributed by atoms with van der Waals surface area (Å²) >= 11 is 1.61. The van der Waals surface area contributed by atoms with Gasteiger partial charge in [-0.3, -0.25) is 9.69 Å². The van der Waals surface area contributed by atoms with Crippen molar-refractivity contribution in [1.29, 1.82) is 0 Å². The minimum atomic E-state index is -0.116. The van der Waals surface area contributed by atoms with E-state index in [9.17, 15) is 4.79 Å². The molecule has 0 unspecified atom stereocenters.